The first-order valence-corrected chi connectivity index (χ1v) is 6.09. The Morgan fingerprint density at radius 2 is 2.06 bits per heavy atom. The summed E-state index contributed by atoms with van der Waals surface area (Å²) in [5, 5.41) is 3.80. The van der Waals surface area contributed by atoms with Crippen molar-refractivity contribution in [3.63, 3.8) is 0 Å². The van der Waals surface area contributed by atoms with Crippen LogP contribution in [0, 0.1) is 0 Å². The third-order valence-electron chi connectivity index (χ3n) is 2.60. The molecule has 0 aliphatic heterocycles. The molecule has 0 saturated carbocycles. The molecule has 0 aliphatic carbocycles. The lowest BCUT2D eigenvalue weighted by molar-refractivity contribution is -0.125. The average molecular weight is 275 g/mol. The van der Waals surface area contributed by atoms with Gasteiger partial charge < -0.3 is 11.1 Å². The Hall–Kier alpha value is -0.770. The van der Waals surface area contributed by atoms with Crippen molar-refractivity contribution in [1.29, 1.82) is 0 Å². The smallest absolute Gasteiger partial charge is 0.230 e. The lowest BCUT2D eigenvalue weighted by atomic mass is 9.83. The molecule has 0 heterocycles. The fourth-order valence-corrected chi connectivity index (χ4v) is 2.17. The van der Waals surface area contributed by atoms with Gasteiger partial charge in [-0.1, -0.05) is 29.3 Å². The molecule has 0 unspecified atom stereocenters. The summed E-state index contributed by atoms with van der Waals surface area (Å²) in [6, 6.07) is 5.13. The zero-order valence-corrected chi connectivity index (χ0v) is 11.4. The molecule has 1 rings (SSSR count). The van der Waals surface area contributed by atoms with E-state index in [-0.39, 0.29) is 5.91 Å². The van der Waals surface area contributed by atoms with Crippen LogP contribution in [0.2, 0.25) is 10.0 Å². The molecule has 3 N–H and O–H groups in total. The van der Waals surface area contributed by atoms with E-state index in [0.717, 1.165) is 5.56 Å². The van der Waals surface area contributed by atoms with Gasteiger partial charge in [0.1, 0.15) is 0 Å². The van der Waals surface area contributed by atoms with Crippen LogP contribution in [0.1, 0.15) is 19.4 Å². The molecule has 0 atom stereocenters. The lowest BCUT2D eigenvalue weighted by Crippen LogP contribution is -2.42. The summed E-state index contributed by atoms with van der Waals surface area (Å²) >= 11 is 11.9. The summed E-state index contributed by atoms with van der Waals surface area (Å²) in [6.45, 7) is 4.49. The van der Waals surface area contributed by atoms with E-state index in [1.807, 2.05) is 13.8 Å². The third kappa shape index (κ3) is 3.35. The Kier molecular flexibility index (Phi) is 4.80. The summed E-state index contributed by atoms with van der Waals surface area (Å²) in [6.07, 6.45) is 0. The third-order valence-corrected chi connectivity index (χ3v) is 3.15. The van der Waals surface area contributed by atoms with Crippen LogP contribution in [0.3, 0.4) is 0 Å². The second-order valence-electron chi connectivity index (χ2n) is 4.29. The van der Waals surface area contributed by atoms with E-state index in [2.05, 4.69) is 5.32 Å². The molecule has 0 fully saturated rings. The van der Waals surface area contributed by atoms with Gasteiger partial charge in [0, 0.05) is 23.1 Å². The summed E-state index contributed by atoms with van der Waals surface area (Å²) in [7, 11) is 0. The molecule has 0 radical (unpaired) electrons. The van der Waals surface area contributed by atoms with Gasteiger partial charge in [-0.15, -0.1) is 0 Å². The Morgan fingerprint density at radius 1 is 1.41 bits per heavy atom. The van der Waals surface area contributed by atoms with Gasteiger partial charge >= 0.3 is 0 Å². The zero-order chi connectivity index (χ0) is 13.1. The van der Waals surface area contributed by atoms with Gasteiger partial charge in [0.15, 0.2) is 0 Å². The number of hydrogen-bond donors (Lipinski definition) is 2. The van der Waals surface area contributed by atoms with Crippen LogP contribution in [-0.2, 0) is 10.2 Å². The quantitative estimate of drug-likeness (QED) is 0.886. The minimum absolute atomic E-state index is 0.104. The van der Waals surface area contributed by atoms with Crippen LogP contribution >= 0.6 is 23.2 Å². The fraction of sp³-hybridized carbons (Fsp3) is 0.417. The van der Waals surface area contributed by atoms with Gasteiger partial charge in [0.2, 0.25) is 5.91 Å². The van der Waals surface area contributed by atoms with Crippen LogP contribution in [0.25, 0.3) is 0 Å². The number of benzene rings is 1. The van der Waals surface area contributed by atoms with E-state index >= 15 is 0 Å². The predicted molar refractivity (Wildman–Crippen MR) is 71.6 cm³/mol. The Labute approximate surface area is 111 Å². The molecule has 0 saturated heterocycles. The maximum Gasteiger partial charge on any atom is 0.230 e. The molecule has 1 aromatic rings. The van der Waals surface area contributed by atoms with Gasteiger partial charge in [0.25, 0.3) is 0 Å². The zero-order valence-electron chi connectivity index (χ0n) is 9.89. The van der Waals surface area contributed by atoms with Gasteiger partial charge in [0.05, 0.1) is 5.41 Å². The first-order chi connectivity index (χ1) is 7.89. The van der Waals surface area contributed by atoms with E-state index in [1.165, 1.54) is 0 Å². The number of halogens is 2. The van der Waals surface area contributed by atoms with Crippen molar-refractivity contribution in [2.75, 3.05) is 13.1 Å². The number of rotatable bonds is 4. The van der Waals surface area contributed by atoms with Crippen molar-refractivity contribution in [2.45, 2.75) is 19.3 Å². The highest BCUT2D eigenvalue weighted by Crippen LogP contribution is 2.31. The predicted octanol–water partition coefficient (Wildman–Crippen LogP) is 2.35. The van der Waals surface area contributed by atoms with Gasteiger partial charge in [-0.3, -0.25) is 4.79 Å². The summed E-state index contributed by atoms with van der Waals surface area (Å²) in [5.41, 5.74) is 5.39. The standard InChI is InChI=1S/C12H16Cl2N2O/c1-12(2,11(17)16-6-5-15)9-4-3-8(13)7-10(9)14/h3-4,7H,5-6,15H2,1-2H3,(H,16,17). The number of carbonyl (C=O) groups is 1. The van der Waals surface area contributed by atoms with E-state index < -0.39 is 5.41 Å². The number of amides is 1. The molecule has 0 aliphatic rings. The second-order valence-corrected chi connectivity index (χ2v) is 5.14. The van der Waals surface area contributed by atoms with Crippen LogP contribution < -0.4 is 11.1 Å². The monoisotopic (exact) mass is 274 g/mol. The van der Waals surface area contributed by atoms with Crippen molar-refractivity contribution in [3.8, 4) is 0 Å². The molecule has 0 aromatic heterocycles. The van der Waals surface area contributed by atoms with Crippen LogP contribution in [0.4, 0.5) is 0 Å². The van der Waals surface area contributed by atoms with Gasteiger partial charge in [-0.05, 0) is 31.5 Å². The maximum absolute atomic E-state index is 12.0. The van der Waals surface area contributed by atoms with Crippen LogP contribution in [-0.4, -0.2) is 19.0 Å². The molecular weight excluding hydrogens is 259 g/mol. The SMILES string of the molecule is CC(C)(C(=O)NCCN)c1ccc(Cl)cc1Cl. The van der Waals surface area contributed by atoms with Crippen LogP contribution in [0.5, 0.6) is 0 Å². The second kappa shape index (κ2) is 5.71. The molecular formula is C12H16Cl2N2O. The van der Waals surface area contributed by atoms with Crippen LogP contribution in [0.15, 0.2) is 18.2 Å². The number of nitrogens with one attached hydrogen (secondary N) is 1. The molecule has 1 amide bonds. The maximum atomic E-state index is 12.0. The molecule has 3 nitrogen and oxygen atoms in total. The Bertz CT molecular complexity index is 419. The van der Waals surface area contributed by atoms with Gasteiger partial charge in [-0.2, -0.15) is 0 Å². The molecule has 0 spiro atoms. The topological polar surface area (TPSA) is 55.1 Å². The Morgan fingerprint density at radius 3 is 2.59 bits per heavy atom. The van der Waals surface area contributed by atoms with Crippen molar-refractivity contribution >= 4 is 29.1 Å². The molecule has 0 bridgehead atoms. The van der Waals surface area contributed by atoms with Gasteiger partial charge in [-0.25, -0.2) is 0 Å². The minimum Gasteiger partial charge on any atom is -0.354 e. The first-order valence-electron chi connectivity index (χ1n) is 5.33. The van der Waals surface area contributed by atoms with E-state index in [9.17, 15) is 4.79 Å². The van der Waals surface area contributed by atoms with Crippen molar-refractivity contribution < 1.29 is 4.79 Å². The molecule has 5 heteroatoms. The number of nitrogens with two attached hydrogens (primary N) is 1. The van der Waals surface area contributed by atoms with E-state index in [0.29, 0.717) is 23.1 Å². The number of carbonyl (C=O) groups excluding carboxylic acids is 1. The summed E-state index contributed by atoms with van der Waals surface area (Å²) in [4.78, 5) is 12.0. The minimum atomic E-state index is -0.711. The fourth-order valence-electron chi connectivity index (χ4n) is 1.53. The molecule has 17 heavy (non-hydrogen) atoms. The molecule has 94 valence electrons. The largest absolute Gasteiger partial charge is 0.354 e. The number of hydrogen-bond acceptors (Lipinski definition) is 2. The lowest BCUT2D eigenvalue weighted by Gasteiger charge is -2.25. The summed E-state index contributed by atoms with van der Waals surface area (Å²) < 4.78 is 0. The normalized spacial score (nSPS) is 11.4. The molecule has 1 aromatic carbocycles. The summed E-state index contributed by atoms with van der Waals surface area (Å²) in [5.74, 6) is -0.104. The highest BCUT2D eigenvalue weighted by atomic mass is 35.5. The van der Waals surface area contributed by atoms with E-state index in [4.69, 9.17) is 28.9 Å². The highest BCUT2D eigenvalue weighted by molar-refractivity contribution is 6.35. The Balaban J connectivity index is 2.99. The van der Waals surface area contributed by atoms with Crippen molar-refractivity contribution in [2.24, 2.45) is 5.73 Å². The van der Waals surface area contributed by atoms with E-state index in [1.54, 1.807) is 18.2 Å². The highest BCUT2D eigenvalue weighted by Gasteiger charge is 2.31. The van der Waals surface area contributed by atoms with Crippen molar-refractivity contribution in [3.05, 3.63) is 33.8 Å². The average Bonchev–Trinajstić information content (AvgIpc) is 2.25. The first kappa shape index (κ1) is 14.3. The van der Waals surface area contributed by atoms with Crippen molar-refractivity contribution in [1.82, 2.24) is 5.32 Å².